The van der Waals surface area contributed by atoms with Crippen molar-refractivity contribution in [3.63, 3.8) is 0 Å². The minimum atomic E-state index is -3.85. The topological polar surface area (TPSA) is 129 Å². The minimum absolute atomic E-state index is 0.0157. The van der Waals surface area contributed by atoms with Gasteiger partial charge in [-0.1, -0.05) is 0 Å². The minimum Gasteiger partial charge on any atom is -0.508 e. The SMILES string of the molecule is CC(C)(C)NS(=O)(=O)c1cc(O)ccc1-c1cnc([C@H]2CC[C@H](NC(=O)O)CC2)s1. The number of carboxylic acid groups (broad SMARTS) is 1. The quantitative estimate of drug-likeness (QED) is 0.544. The lowest BCUT2D eigenvalue weighted by Gasteiger charge is -2.27. The van der Waals surface area contributed by atoms with E-state index in [-0.39, 0.29) is 22.6 Å². The van der Waals surface area contributed by atoms with Gasteiger partial charge in [0, 0.05) is 35.3 Å². The van der Waals surface area contributed by atoms with Gasteiger partial charge >= 0.3 is 6.09 Å². The van der Waals surface area contributed by atoms with Gasteiger partial charge in [-0.15, -0.1) is 11.3 Å². The molecule has 164 valence electrons. The highest BCUT2D eigenvalue weighted by Crippen LogP contribution is 2.40. The second-order valence-corrected chi connectivity index (χ2v) is 11.3. The fourth-order valence-corrected chi connectivity index (χ4v) is 6.51. The maximum atomic E-state index is 12.9. The van der Waals surface area contributed by atoms with Crippen LogP contribution in [0.25, 0.3) is 10.4 Å². The number of amides is 1. The molecule has 8 nitrogen and oxygen atoms in total. The van der Waals surface area contributed by atoms with Gasteiger partial charge < -0.3 is 15.5 Å². The number of aromatic hydroxyl groups is 1. The van der Waals surface area contributed by atoms with E-state index in [9.17, 15) is 18.3 Å². The number of hydrogen-bond donors (Lipinski definition) is 4. The molecule has 0 unspecified atom stereocenters. The first-order valence-corrected chi connectivity index (χ1v) is 12.1. The smallest absolute Gasteiger partial charge is 0.404 e. The van der Waals surface area contributed by atoms with E-state index >= 15 is 0 Å². The van der Waals surface area contributed by atoms with E-state index in [1.54, 1.807) is 33.0 Å². The number of aromatic nitrogens is 1. The monoisotopic (exact) mass is 453 g/mol. The van der Waals surface area contributed by atoms with E-state index in [2.05, 4.69) is 15.0 Å². The number of nitrogens with one attached hydrogen (secondary N) is 2. The highest BCUT2D eigenvalue weighted by molar-refractivity contribution is 7.89. The van der Waals surface area contributed by atoms with Crippen molar-refractivity contribution in [2.75, 3.05) is 0 Å². The fraction of sp³-hybridized carbons (Fsp3) is 0.500. The first kappa shape index (κ1) is 22.5. The molecule has 1 fully saturated rings. The van der Waals surface area contributed by atoms with Crippen LogP contribution < -0.4 is 10.0 Å². The molecule has 0 radical (unpaired) electrons. The molecule has 1 amide bonds. The molecule has 30 heavy (non-hydrogen) atoms. The number of carbonyl (C=O) groups is 1. The first-order valence-electron chi connectivity index (χ1n) is 9.77. The molecule has 1 aromatic heterocycles. The Morgan fingerprint density at radius 1 is 1.20 bits per heavy atom. The molecule has 2 aromatic rings. The zero-order valence-corrected chi connectivity index (χ0v) is 18.8. The van der Waals surface area contributed by atoms with Crippen molar-refractivity contribution in [2.45, 2.75) is 68.8 Å². The number of nitrogens with zero attached hydrogens (tertiary/aromatic N) is 1. The number of hydrogen-bond acceptors (Lipinski definition) is 6. The Hall–Kier alpha value is -2.17. The predicted molar refractivity (Wildman–Crippen MR) is 115 cm³/mol. The van der Waals surface area contributed by atoms with Gasteiger partial charge in [0.2, 0.25) is 10.0 Å². The highest BCUT2D eigenvalue weighted by Gasteiger charge is 2.28. The van der Waals surface area contributed by atoms with Gasteiger partial charge in [0.25, 0.3) is 0 Å². The summed E-state index contributed by atoms with van der Waals surface area (Å²) in [7, 11) is -3.85. The summed E-state index contributed by atoms with van der Waals surface area (Å²) < 4.78 is 28.5. The Kier molecular flexibility index (Phi) is 6.40. The first-order chi connectivity index (χ1) is 13.9. The molecule has 0 bridgehead atoms. The van der Waals surface area contributed by atoms with E-state index < -0.39 is 21.7 Å². The molecule has 3 rings (SSSR count). The largest absolute Gasteiger partial charge is 0.508 e. The van der Waals surface area contributed by atoms with Crippen molar-refractivity contribution < 1.29 is 23.4 Å². The number of thiazole rings is 1. The van der Waals surface area contributed by atoms with E-state index in [1.165, 1.54) is 23.5 Å². The summed E-state index contributed by atoms with van der Waals surface area (Å²) in [5, 5.41) is 22.2. The Labute approximate surface area is 180 Å². The Balaban J connectivity index is 1.85. The lowest BCUT2D eigenvalue weighted by Crippen LogP contribution is -2.40. The molecule has 1 aliphatic rings. The van der Waals surface area contributed by atoms with Gasteiger partial charge in [-0.2, -0.15) is 0 Å². The standard InChI is InChI=1S/C20H27N3O5S2/c1-20(2,3)23-30(27,28)17-10-14(24)8-9-15(17)16-11-21-18(29-16)12-4-6-13(7-5-12)22-19(25)26/h8-13,22-24H,4-7H2,1-3H3,(H,25,26)/t12-,13-. The van der Waals surface area contributed by atoms with Crippen molar-refractivity contribution in [2.24, 2.45) is 0 Å². The number of phenols is 1. The molecule has 1 saturated carbocycles. The van der Waals surface area contributed by atoms with Crippen LogP contribution in [0.15, 0.2) is 29.3 Å². The Bertz CT molecular complexity index is 1020. The van der Waals surface area contributed by atoms with Gasteiger partial charge in [-0.25, -0.2) is 22.9 Å². The lowest BCUT2D eigenvalue weighted by molar-refractivity contribution is 0.185. The van der Waals surface area contributed by atoms with Crippen molar-refractivity contribution in [3.05, 3.63) is 29.4 Å². The van der Waals surface area contributed by atoms with Crippen molar-refractivity contribution in [1.29, 1.82) is 0 Å². The molecule has 1 aromatic carbocycles. The normalized spacial score (nSPS) is 20.1. The van der Waals surface area contributed by atoms with Gasteiger partial charge in [-0.05, 0) is 58.6 Å². The average molecular weight is 454 g/mol. The number of phenolic OH excluding ortho intramolecular Hbond substituents is 1. The van der Waals surface area contributed by atoms with Crippen LogP contribution in [0.3, 0.4) is 0 Å². The molecular formula is C20H27N3O5S2. The van der Waals surface area contributed by atoms with Crippen molar-refractivity contribution >= 4 is 27.5 Å². The molecule has 0 aliphatic heterocycles. The molecule has 4 N–H and O–H groups in total. The molecule has 1 aliphatic carbocycles. The lowest BCUT2D eigenvalue weighted by atomic mass is 9.86. The number of rotatable bonds is 5. The van der Waals surface area contributed by atoms with Crippen LogP contribution in [0.1, 0.15) is 57.4 Å². The van der Waals surface area contributed by atoms with Crippen LogP contribution >= 0.6 is 11.3 Å². The molecule has 0 atom stereocenters. The summed E-state index contributed by atoms with van der Waals surface area (Å²) in [6, 6.07) is 4.28. The second-order valence-electron chi connectivity index (χ2n) is 8.60. The van der Waals surface area contributed by atoms with Crippen LogP contribution in [0, 0.1) is 0 Å². The summed E-state index contributed by atoms with van der Waals surface area (Å²) in [5.74, 6) is 0.0995. The molecule has 10 heteroatoms. The van der Waals surface area contributed by atoms with Gasteiger partial charge in [0.15, 0.2) is 0 Å². The molecular weight excluding hydrogens is 426 g/mol. The zero-order chi connectivity index (χ0) is 22.1. The summed E-state index contributed by atoms with van der Waals surface area (Å²) in [4.78, 5) is 16.1. The summed E-state index contributed by atoms with van der Waals surface area (Å²) in [6.45, 7) is 5.27. The summed E-state index contributed by atoms with van der Waals surface area (Å²) >= 11 is 1.44. The third-order valence-electron chi connectivity index (χ3n) is 4.89. The molecule has 0 spiro atoms. The van der Waals surface area contributed by atoms with Crippen LogP contribution in [0.4, 0.5) is 4.79 Å². The summed E-state index contributed by atoms with van der Waals surface area (Å²) in [6.07, 6.45) is 3.82. The van der Waals surface area contributed by atoms with Crippen LogP contribution in [0.5, 0.6) is 5.75 Å². The second kappa shape index (κ2) is 8.52. The van der Waals surface area contributed by atoms with Crippen molar-refractivity contribution in [1.82, 2.24) is 15.0 Å². The van der Waals surface area contributed by atoms with Crippen LogP contribution in [-0.4, -0.2) is 41.3 Å². The van der Waals surface area contributed by atoms with Gasteiger partial charge in [0.05, 0.1) is 14.8 Å². The van der Waals surface area contributed by atoms with E-state index in [4.69, 9.17) is 5.11 Å². The third kappa shape index (κ3) is 5.50. The summed E-state index contributed by atoms with van der Waals surface area (Å²) in [5.41, 5.74) is -0.169. The van der Waals surface area contributed by atoms with E-state index in [0.29, 0.717) is 10.4 Å². The van der Waals surface area contributed by atoms with Crippen LogP contribution in [-0.2, 0) is 10.0 Å². The van der Waals surface area contributed by atoms with Crippen molar-refractivity contribution in [3.8, 4) is 16.2 Å². The number of benzene rings is 1. The van der Waals surface area contributed by atoms with E-state index in [1.807, 2.05) is 0 Å². The van der Waals surface area contributed by atoms with Gasteiger partial charge in [-0.3, -0.25) is 0 Å². The predicted octanol–water partition coefficient (Wildman–Crippen LogP) is 3.89. The number of sulfonamides is 1. The maximum absolute atomic E-state index is 12.9. The Morgan fingerprint density at radius 2 is 1.87 bits per heavy atom. The highest BCUT2D eigenvalue weighted by atomic mass is 32.2. The molecule has 0 saturated heterocycles. The van der Waals surface area contributed by atoms with Gasteiger partial charge in [0.1, 0.15) is 5.75 Å². The zero-order valence-electron chi connectivity index (χ0n) is 17.2. The average Bonchev–Trinajstić information content (AvgIpc) is 3.09. The van der Waals surface area contributed by atoms with Crippen LogP contribution in [0.2, 0.25) is 0 Å². The third-order valence-corrected chi connectivity index (χ3v) is 7.88. The Morgan fingerprint density at radius 3 is 2.47 bits per heavy atom. The molecule has 1 heterocycles. The maximum Gasteiger partial charge on any atom is 0.404 e. The van der Waals surface area contributed by atoms with E-state index in [0.717, 1.165) is 30.7 Å². The fourth-order valence-electron chi connectivity index (χ4n) is 3.66.